The van der Waals surface area contributed by atoms with Crippen LogP contribution < -0.4 is 16.4 Å². The molecule has 0 radical (unpaired) electrons. The van der Waals surface area contributed by atoms with Crippen LogP contribution in [-0.2, 0) is 11.2 Å². The minimum atomic E-state index is 0.115. The van der Waals surface area contributed by atoms with Gasteiger partial charge < -0.3 is 16.4 Å². The van der Waals surface area contributed by atoms with E-state index in [0.29, 0.717) is 18.8 Å². The second kappa shape index (κ2) is 6.57. The van der Waals surface area contributed by atoms with E-state index in [4.69, 9.17) is 5.73 Å². The van der Waals surface area contributed by atoms with Crippen molar-refractivity contribution < 1.29 is 4.79 Å². The number of carbonyl (C=O) groups is 1. The van der Waals surface area contributed by atoms with Crippen LogP contribution in [0.4, 0.5) is 5.69 Å². The molecule has 1 saturated heterocycles. The van der Waals surface area contributed by atoms with Gasteiger partial charge in [0, 0.05) is 24.7 Å². The molecule has 0 spiro atoms. The molecule has 0 bridgehead atoms. The summed E-state index contributed by atoms with van der Waals surface area (Å²) in [4.78, 5) is 12.0. The van der Waals surface area contributed by atoms with Gasteiger partial charge in [-0.05, 0) is 36.9 Å². The van der Waals surface area contributed by atoms with E-state index in [0.717, 1.165) is 30.8 Å². The molecular formula is C15H23N3O. The molecule has 1 aromatic rings. The monoisotopic (exact) mass is 261 g/mol. The first-order valence-corrected chi connectivity index (χ1v) is 7.00. The van der Waals surface area contributed by atoms with Crippen molar-refractivity contribution in [3.8, 4) is 0 Å². The Kier molecular flexibility index (Phi) is 4.80. The zero-order valence-electron chi connectivity index (χ0n) is 11.5. The number of anilines is 1. The van der Waals surface area contributed by atoms with Gasteiger partial charge in [0.2, 0.25) is 5.91 Å². The standard InChI is InChI=1S/C15H23N3O/c1-11-8-9-17-10-14(11)18-15(19)7-6-12-4-2-3-5-13(12)16/h2-5,11,14,17H,6-10,16H2,1H3,(H,18,19). The van der Waals surface area contributed by atoms with Crippen molar-refractivity contribution in [1.29, 1.82) is 0 Å². The number of piperidine rings is 1. The van der Waals surface area contributed by atoms with Gasteiger partial charge in [0.1, 0.15) is 0 Å². The molecule has 2 atom stereocenters. The molecule has 1 fully saturated rings. The van der Waals surface area contributed by atoms with Crippen LogP contribution in [0.5, 0.6) is 0 Å². The minimum Gasteiger partial charge on any atom is -0.399 e. The highest BCUT2D eigenvalue weighted by atomic mass is 16.1. The topological polar surface area (TPSA) is 67.1 Å². The Bertz CT molecular complexity index is 433. The average molecular weight is 261 g/mol. The third-order valence-corrected chi connectivity index (χ3v) is 3.85. The maximum Gasteiger partial charge on any atom is 0.220 e. The summed E-state index contributed by atoms with van der Waals surface area (Å²) < 4.78 is 0. The molecule has 1 aliphatic rings. The van der Waals surface area contributed by atoms with Crippen LogP contribution in [0.3, 0.4) is 0 Å². The van der Waals surface area contributed by atoms with Crippen molar-refractivity contribution in [1.82, 2.24) is 10.6 Å². The third-order valence-electron chi connectivity index (χ3n) is 3.85. The zero-order chi connectivity index (χ0) is 13.7. The molecular weight excluding hydrogens is 238 g/mol. The number of hydrogen-bond acceptors (Lipinski definition) is 3. The van der Waals surface area contributed by atoms with Crippen LogP contribution in [0.2, 0.25) is 0 Å². The first-order valence-electron chi connectivity index (χ1n) is 7.00. The highest BCUT2D eigenvalue weighted by Crippen LogP contribution is 2.14. The number of amides is 1. The number of para-hydroxylation sites is 1. The molecule has 1 heterocycles. The predicted octanol–water partition coefficient (Wildman–Crippen LogP) is 1.32. The molecule has 0 aliphatic carbocycles. The van der Waals surface area contributed by atoms with Gasteiger partial charge >= 0.3 is 0 Å². The van der Waals surface area contributed by atoms with Gasteiger partial charge in [-0.3, -0.25) is 4.79 Å². The zero-order valence-corrected chi connectivity index (χ0v) is 11.5. The van der Waals surface area contributed by atoms with Crippen LogP contribution in [0, 0.1) is 5.92 Å². The Balaban J connectivity index is 1.80. The normalized spacial score (nSPS) is 23.0. The van der Waals surface area contributed by atoms with Crippen molar-refractivity contribution in [3.63, 3.8) is 0 Å². The predicted molar refractivity (Wildman–Crippen MR) is 77.8 cm³/mol. The van der Waals surface area contributed by atoms with Crippen molar-refractivity contribution in [2.45, 2.75) is 32.2 Å². The van der Waals surface area contributed by atoms with Gasteiger partial charge in [-0.1, -0.05) is 25.1 Å². The quantitative estimate of drug-likeness (QED) is 0.716. The number of nitrogen functional groups attached to an aromatic ring is 1. The summed E-state index contributed by atoms with van der Waals surface area (Å²) in [6.45, 7) is 4.12. The van der Waals surface area contributed by atoms with Crippen LogP contribution in [0.25, 0.3) is 0 Å². The van der Waals surface area contributed by atoms with Crippen molar-refractivity contribution in [2.24, 2.45) is 5.92 Å². The van der Waals surface area contributed by atoms with Crippen molar-refractivity contribution in [2.75, 3.05) is 18.8 Å². The molecule has 1 aliphatic heterocycles. The number of benzene rings is 1. The second-order valence-electron chi connectivity index (χ2n) is 5.34. The SMILES string of the molecule is CC1CCNCC1NC(=O)CCc1ccccc1N. The van der Waals surface area contributed by atoms with Crippen LogP contribution >= 0.6 is 0 Å². The summed E-state index contributed by atoms with van der Waals surface area (Å²) in [7, 11) is 0. The Labute approximate surface area is 114 Å². The van der Waals surface area contributed by atoms with Gasteiger partial charge in [-0.2, -0.15) is 0 Å². The molecule has 19 heavy (non-hydrogen) atoms. The summed E-state index contributed by atoms with van der Waals surface area (Å²) in [5, 5.41) is 6.43. The molecule has 4 N–H and O–H groups in total. The number of rotatable bonds is 4. The maximum absolute atomic E-state index is 12.0. The molecule has 104 valence electrons. The van der Waals surface area contributed by atoms with Crippen LogP contribution in [0.1, 0.15) is 25.3 Å². The lowest BCUT2D eigenvalue weighted by molar-refractivity contribution is -0.122. The first kappa shape index (κ1) is 13.9. The summed E-state index contributed by atoms with van der Waals surface area (Å²) >= 11 is 0. The van der Waals surface area contributed by atoms with E-state index < -0.39 is 0 Å². The second-order valence-corrected chi connectivity index (χ2v) is 5.34. The van der Waals surface area contributed by atoms with Gasteiger partial charge in [-0.25, -0.2) is 0 Å². The van der Waals surface area contributed by atoms with Crippen molar-refractivity contribution in [3.05, 3.63) is 29.8 Å². The summed E-state index contributed by atoms with van der Waals surface area (Å²) in [6.07, 6.45) is 2.32. The van der Waals surface area contributed by atoms with E-state index in [1.807, 2.05) is 24.3 Å². The molecule has 1 amide bonds. The number of hydrogen-bond donors (Lipinski definition) is 3. The number of carbonyl (C=O) groups excluding carboxylic acids is 1. The van der Waals surface area contributed by atoms with Crippen molar-refractivity contribution >= 4 is 11.6 Å². The van der Waals surface area contributed by atoms with E-state index in [-0.39, 0.29) is 11.9 Å². The Morgan fingerprint density at radius 3 is 3.00 bits per heavy atom. The minimum absolute atomic E-state index is 0.115. The van der Waals surface area contributed by atoms with E-state index >= 15 is 0 Å². The van der Waals surface area contributed by atoms with E-state index in [1.54, 1.807) is 0 Å². The fourth-order valence-electron chi connectivity index (χ4n) is 2.47. The molecule has 2 unspecified atom stereocenters. The molecule has 4 heteroatoms. The molecule has 0 saturated carbocycles. The molecule has 4 nitrogen and oxygen atoms in total. The Hall–Kier alpha value is -1.55. The molecule has 1 aromatic carbocycles. The highest BCUT2D eigenvalue weighted by Gasteiger charge is 2.22. The average Bonchev–Trinajstić information content (AvgIpc) is 2.40. The first-order chi connectivity index (χ1) is 9.16. The van der Waals surface area contributed by atoms with Crippen LogP contribution in [-0.4, -0.2) is 25.0 Å². The van der Waals surface area contributed by atoms with Gasteiger partial charge in [0.05, 0.1) is 0 Å². The van der Waals surface area contributed by atoms with E-state index in [1.165, 1.54) is 0 Å². The Morgan fingerprint density at radius 2 is 2.26 bits per heavy atom. The largest absolute Gasteiger partial charge is 0.399 e. The van der Waals surface area contributed by atoms with Crippen LogP contribution in [0.15, 0.2) is 24.3 Å². The fraction of sp³-hybridized carbons (Fsp3) is 0.533. The highest BCUT2D eigenvalue weighted by molar-refractivity contribution is 5.76. The fourth-order valence-corrected chi connectivity index (χ4v) is 2.47. The molecule has 2 rings (SSSR count). The van der Waals surface area contributed by atoms with Gasteiger partial charge in [-0.15, -0.1) is 0 Å². The summed E-state index contributed by atoms with van der Waals surface area (Å²) in [5.41, 5.74) is 7.69. The maximum atomic E-state index is 12.0. The lowest BCUT2D eigenvalue weighted by atomic mass is 9.94. The third kappa shape index (κ3) is 3.96. The summed E-state index contributed by atoms with van der Waals surface area (Å²) in [5.74, 6) is 0.663. The van der Waals surface area contributed by atoms with E-state index in [2.05, 4.69) is 17.6 Å². The lowest BCUT2D eigenvalue weighted by Crippen LogP contribution is -2.50. The summed E-state index contributed by atoms with van der Waals surface area (Å²) in [6, 6.07) is 7.98. The number of nitrogens with two attached hydrogens (primary N) is 1. The Morgan fingerprint density at radius 1 is 1.47 bits per heavy atom. The van der Waals surface area contributed by atoms with E-state index in [9.17, 15) is 4.79 Å². The molecule has 0 aromatic heterocycles. The number of aryl methyl sites for hydroxylation is 1. The van der Waals surface area contributed by atoms with Gasteiger partial charge in [0.15, 0.2) is 0 Å². The smallest absolute Gasteiger partial charge is 0.220 e. The lowest BCUT2D eigenvalue weighted by Gasteiger charge is -2.30. The van der Waals surface area contributed by atoms with Gasteiger partial charge in [0.25, 0.3) is 0 Å². The number of nitrogens with one attached hydrogen (secondary N) is 2.